The molecule has 2 aromatic rings. The van der Waals surface area contributed by atoms with Crippen LogP contribution in [0.25, 0.3) is 0 Å². The Kier molecular flexibility index (Phi) is 2.72. The summed E-state index contributed by atoms with van der Waals surface area (Å²) in [6.07, 6.45) is 2.55. The van der Waals surface area contributed by atoms with Gasteiger partial charge in [0.25, 0.3) is 5.91 Å². The molecule has 82 valence electrons. The summed E-state index contributed by atoms with van der Waals surface area (Å²) in [6, 6.07) is 5.77. The maximum atomic E-state index is 11.7. The SMILES string of the molecule is Cc1cccc(NC(=O)c2cocn2)c1C. The van der Waals surface area contributed by atoms with E-state index in [2.05, 4.69) is 10.3 Å². The summed E-state index contributed by atoms with van der Waals surface area (Å²) in [4.78, 5) is 15.5. The van der Waals surface area contributed by atoms with Gasteiger partial charge in [-0.05, 0) is 31.0 Å². The number of carbonyl (C=O) groups excluding carboxylic acids is 1. The first-order valence-corrected chi connectivity index (χ1v) is 4.94. The summed E-state index contributed by atoms with van der Waals surface area (Å²) in [5, 5.41) is 2.79. The number of oxazole rings is 1. The lowest BCUT2D eigenvalue weighted by atomic mass is 10.1. The van der Waals surface area contributed by atoms with E-state index in [1.165, 1.54) is 12.7 Å². The first kappa shape index (κ1) is 10.4. The van der Waals surface area contributed by atoms with Crippen molar-refractivity contribution < 1.29 is 9.21 Å². The fourth-order valence-electron chi connectivity index (χ4n) is 1.40. The molecule has 0 bridgehead atoms. The zero-order valence-corrected chi connectivity index (χ0v) is 9.15. The fraction of sp³-hybridized carbons (Fsp3) is 0.167. The van der Waals surface area contributed by atoms with Gasteiger partial charge in [0.05, 0.1) is 0 Å². The molecule has 0 aliphatic carbocycles. The number of rotatable bonds is 2. The second-order valence-electron chi connectivity index (χ2n) is 3.58. The molecule has 1 aromatic heterocycles. The smallest absolute Gasteiger partial charge is 0.277 e. The quantitative estimate of drug-likeness (QED) is 0.839. The van der Waals surface area contributed by atoms with Crippen LogP contribution in [0.1, 0.15) is 21.6 Å². The summed E-state index contributed by atoms with van der Waals surface area (Å²) >= 11 is 0. The van der Waals surface area contributed by atoms with Crippen LogP contribution >= 0.6 is 0 Å². The minimum atomic E-state index is -0.262. The molecule has 0 radical (unpaired) electrons. The van der Waals surface area contributed by atoms with Crippen molar-refractivity contribution in [3.8, 4) is 0 Å². The summed E-state index contributed by atoms with van der Waals surface area (Å²) in [5.74, 6) is -0.262. The van der Waals surface area contributed by atoms with Gasteiger partial charge in [-0.25, -0.2) is 4.98 Å². The lowest BCUT2D eigenvalue weighted by Gasteiger charge is -2.08. The monoisotopic (exact) mass is 216 g/mol. The highest BCUT2D eigenvalue weighted by atomic mass is 16.3. The molecular formula is C12H12N2O2. The summed E-state index contributed by atoms with van der Waals surface area (Å²) in [7, 11) is 0. The Morgan fingerprint density at radius 2 is 2.19 bits per heavy atom. The lowest BCUT2D eigenvalue weighted by molar-refractivity contribution is 0.102. The number of anilines is 1. The first-order valence-electron chi connectivity index (χ1n) is 4.94. The van der Waals surface area contributed by atoms with Crippen LogP contribution in [0.3, 0.4) is 0 Å². The zero-order chi connectivity index (χ0) is 11.5. The normalized spacial score (nSPS) is 10.1. The second kappa shape index (κ2) is 4.18. The van der Waals surface area contributed by atoms with Crippen LogP contribution in [0.15, 0.2) is 35.3 Å². The highest BCUT2D eigenvalue weighted by molar-refractivity contribution is 6.03. The first-order chi connectivity index (χ1) is 7.68. The molecule has 4 nitrogen and oxygen atoms in total. The van der Waals surface area contributed by atoms with Crippen molar-refractivity contribution in [1.29, 1.82) is 0 Å². The molecule has 2 rings (SSSR count). The van der Waals surface area contributed by atoms with Gasteiger partial charge in [-0.3, -0.25) is 4.79 Å². The van der Waals surface area contributed by atoms with Crippen molar-refractivity contribution in [2.45, 2.75) is 13.8 Å². The van der Waals surface area contributed by atoms with E-state index < -0.39 is 0 Å². The summed E-state index contributed by atoms with van der Waals surface area (Å²) < 4.78 is 4.76. The molecular weight excluding hydrogens is 204 g/mol. The highest BCUT2D eigenvalue weighted by Gasteiger charge is 2.10. The van der Waals surface area contributed by atoms with Gasteiger partial charge in [-0.2, -0.15) is 0 Å². The number of aromatic nitrogens is 1. The van der Waals surface area contributed by atoms with Crippen LogP contribution in [0.5, 0.6) is 0 Å². The van der Waals surface area contributed by atoms with Crippen molar-refractivity contribution >= 4 is 11.6 Å². The Labute approximate surface area is 93.3 Å². The maximum Gasteiger partial charge on any atom is 0.277 e. The number of hydrogen-bond donors (Lipinski definition) is 1. The molecule has 1 aromatic carbocycles. The van der Waals surface area contributed by atoms with E-state index in [9.17, 15) is 4.79 Å². The number of amides is 1. The van der Waals surface area contributed by atoms with Crippen molar-refractivity contribution in [1.82, 2.24) is 4.98 Å². The number of aryl methyl sites for hydroxylation is 1. The molecule has 0 unspecified atom stereocenters. The van der Waals surface area contributed by atoms with E-state index in [4.69, 9.17) is 4.42 Å². The molecule has 0 aliphatic rings. The maximum absolute atomic E-state index is 11.7. The fourth-order valence-corrected chi connectivity index (χ4v) is 1.40. The molecule has 1 N–H and O–H groups in total. The topological polar surface area (TPSA) is 55.1 Å². The molecule has 0 fully saturated rings. The number of benzene rings is 1. The molecule has 0 saturated carbocycles. The lowest BCUT2D eigenvalue weighted by Crippen LogP contribution is -2.13. The van der Waals surface area contributed by atoms with Gasteiger partial charge in [0.15, 0.2) is 12.1 Å². The number of hydrogen-bond acceptors (Lipinski definition) is 3. The minimum absolute atomic E-state index is 0.262. The Morgan fingerprint density at radius 1 is 1.38 bits per heavy atom. The zero-order valence-electron chi connectivity index (χ0n) is 9.15. The Balaban J connectivity index is 2.22. The third-order valence-electron chi connectivity index (χ3n) is 2.52. The van der Waals surface area contributed by atoms with Crippen LogP contribution < -0.4 is 5.32 Å². The van der Waals surface area contributed by atoms with Crippen molar-refractivity contribution in [3.05, 3.63) is 47.7 Å². The second-order valence-corrected chi connectivity index (χ2v) is 3.58. The Morgan fingerprint density at radius 3 is 2.88 bits per heavy atom. The Bertz CT molecular complexity index is 504. The molecule has 0 spiro atoms. The predicted molar refractivity (Wildman–Crippen MR) is 60.4 cm³/mol. The van der Waals surface area contributed by atoms with Crippen LogP contribution in [-0.2, 0) is 0 Å². The largest absolute Gasteiger partial charge is 0.451 e. The van der Waals surface area contributed by atoms with E-state index >= 15 is 0 Å². The van der Waals surface area contributed by atoms with Crippen LogP contribution in [-0.4, -0.2) is 10.9 Å². The molecule has 4 heteroatoms. The van der Waals surface area contributed by atoms with Gasteiger partial charge in [0, 0.05) is 5.69 Å². The average molecular weight is 216 g/mol. The molecule has 0 atom stereocenters. The minimum Gasteiger partial charge on any atom is -0.451 e. The number of carbonyl (C=O) groups is 1. The van der Waals surface area contributed by atoms with E-state index in [1.807, 2.05) is 32.0 Å². The van der Waals surface area contributed by atoms with E-state index in [1.54, 1.807) is 0 Å². The van der Waals surface area contributed by atoms with Crippen molar-refractivity contribution in [3.63, 3.8) is 0 Å². The standard InChI is InChI=1S/C12H12N2O2/c1-8-4-3-5-10(9(8)2)14-12(15)11-6-16-7-13-11/h3-7H,1-2H3,(H,14,15). The van der Waals surface area contributed by atoms with Crippen LogP contribution in [0, 0.1) is 13.8 Å². The number of nitrogens with one attached hydrogen (secondary N) is 1. The van der Waals surface area contributed by atoms with E-state index in [0.717, 1.165) is 16.8 Å². The Hall–Kier alpha value is -2.10. The van der Waals surface area contributed by atoms with Crippen molar-refractivity contribution in [2.24, 2.45) is 0 Å². The van der Waals surface area contributed by atoms with E-state index in [0.29, 0.717) is 0 Å². The molecule has 0 aliphatic heterocycles. The summed E-state index contributed by atoms with van der Waals surface area (Å²) in [5.41, 5.74) is 3.27. The van der Waals surface area contributed by atoms with Crippen LogP contribution in [0.2, 0.25) is 0 Å². The third-order valence-corrected chi connectivity index (χ3v) is 2.52. The van der Waals surface area contributed by atoms with Gasteiger partial charge in [-0.15, -0.1) is 0 Å². The summed E-state index contributed by atoms with van der Waals surface area (Å²) in [6.45, 7) is 3.97. The van der Waals surface area contributed by atoms with Gasteiger partial charge in [0.2, 0.25) is 0 Å². The van der Waals surface area contributed by atoms with Gasteiger partial charge in [-0.1, -0.05) is 12.1 Å². The van der Waals surface area contributed by atoms with Gasteiger partial charge < -0.3 is 9.73 Å². The van der Waals surface area contributed by atoms with Gasteiger partial charge >= 0.3 is 0 Å². The molecule has 1 amide bonds. The van der Waals surface area contributed by atoms with Gasteiger partial charge in [0.1, 0.15) is 6.26 Å². The number of nitrogens with zero attached hydrogens (tertiary/aromatic N) is 1. The molecule has 1 heterocycles. The average Bonchev–Trinajstić information content (AvgIpc) is 2.78. The third kappa shape index (κ3) is 1.95. The molecule has 16 heavy (non-hydrogen) atoms. The van der Waals surface area contributed by atoms with Crippen molar-refractivity contribution in [2.75, 3.05) is 5.32 Å². The predicted octanol–water partition coefficient (Wildman–Crippen LogP) is 2.54. The van der Waals surface area contributed by atoms with Crippen LogP contribution in [0.4, 0.5) is 5.69 Å². The van der Waals surface area contributed by atoms with E-state index in [-0.39, 0.29) is 11.6 Å². The highest BCUT2D eigenvalue weighted by Crippen LogP contribution is 2.18. The molecule has 0 saturated heterocycles.